The van der Waals surface area contributed by atoms with Crippen LogP contribution < -0.4 is 5.32 Å². The molecule has 1 fully saturated rings. The first-order valence-corrected chi connectivity index (χ1v) is 11.8. The molecule has 0 saturated heterocycles. The molecule has 7 nitrogen and oxygen atoms in total. The van der Waals surface area contributed by atoms with Crippen LogP contribution in [0.5, 0.6) is 0 Å². The number of carbonyl (C=O) groups is 3. The molecule has 1 atom stereocenters. The molecule has 2 heterocycles. The number of hydrogen-bond acceptors (Lipinski definition) is 4. The van der Waals surface area contributed by atoms with Crippen LogP contribution in [-0.4, -0.2) is 58.0 Å². The molecule has 174 valence electrons. The Morgan fingerprint density at radius 2 is 1.94 bits per heavy atom. The number of benzene rings is 1. The van der Waals surface area contributed by atoms with Crippen molar-refractivity contribution in [2.45, 2.75) is 64.0 Å². The Balaban J connectivity index is 1.57. The summed E-state index contributed by atoms with van der Waals surface area (Å²) in [4.78, 5) is 47.0. The van der Waals surface area contributed by atoms with Crippen LogP contribution >= 0.6 is 0 Å². The van der Waals surface area contributed by atoms with Gasteiger partial charge in [0.2, 0.25) is 11.8 Å². The number of nitrogens with zero attached hydrogens (tertiary/aromatic N) is 3. The van der Waals surface area contributed by atoms with Gasteiger partial charge in [0, 0.05) is 18.3 Å². The predicted octanol–water partition coefficient (Wildman–Crippen LogP) is 2.98. The van der Waals surface area contributed by atoms with Crippen molar-refractivity contribution in [3.05, 3.63) is 59.8 Å². The van der Waals surface area contributed by atoms with Crippen molar-refractivity contribution in [3.8, 4) is 0 Å². The zero-order chi connectivity index (χ0) is 23.4. The Bertz CT molecular complexity index is 1010. The SMILES string of the molecule is CC1=CC=CC2=NC(=O)C[C@](C)(C(=O)N(CCc3ccccc3)CC(=O)NC3CCCC3)N12. The molecule has 1 saturated carbocycles. The molecule has 3 amide bonds. The highest BCUT2D eigenvalue weighted by atomic mass is 16.2. The Morgan fingerprint density at radius 1 is 1.21 bits per heavy atom. The second-order valence-corrected chi connectivity index (χ2v) is 9.33. The van der Waals surface area contributed by atoms with Gasteiger partial charge >= 0.3 is 0 Å². The van der Waals surface area contributed by atoms with Gasteiger partial charge in [0.1, 0.15) is 11.4 Å². The first-order chi connectivity index (χ1) is 15.9. The van der Waals surface area contributed by atoms with Gasteiger partial charge in [-0.3, -0.25) is 14.4 Å². The lowest BCUT2D eigenvalue weighted by molar-refractivity contribution is -0.146. The monoisotopic (exact) mass is 448 g/mol. The summed E-state index contributed by atoms with van der Waals surface area (Å²) in [5.41, 5.74) is 0.803. The molecule has 1 N–H and O–H groups in total. The zero-order valence-corrected chi connectivity index (χ0v) is 19.4. The number of aliphatic imine (C=N–C) groups is 1. The van der Waals surface area contributed by atoms with Gasteiger partial charge in [-0.15, -0.1) is 0 Å². The van der Waals surface area contributed by atoms with Gasteiger partial charge in [-0.1, -0.05) is 49.2 Å². The molecule has 7 heteroatoms. The highest BCUT2D eigenvalue weighted by molar-refractivity contribution is 6.10. The van der Waals surface area contributed by atoms with Gasteiger partial charge in [0.25, 0.3) is 5.91 Å². The number of allylic oxidation sites excluding steroid dienone is 3. The number of fused-ring (bicyclic) bond motifs is 1. The fourth-order valence-electron chi connectivity index (χ4n) is 5.06. The van der Waals surface area contributed by atoms with Crippen molar-refractivity contribution in [2.75, 3.05) is 13.1 Å². The summed E-state index contributed by atoms with van der Waals surface area (Å²) in [5.74, 6) is -0.229. The van der Waals surface area contributed by atoms with Crippen LogP contribution in [0.1, 0.15) is 51.5 Å². The van der Waals surface area contributed by atoms with E-state index in [1.54, 1.807) is 17.9 Å². The molecule has 0 spiro atoms. The Labute approximate surface area is 195 Å². The third-order valence-electron chi connectivity index (χ3n) is 6.71. The van der Waals surface area contributed by atoms with Gasteiger partial charge in [0.05, 0.1) is 13.0 Å². The second-order valence-electron chi connectivity index (χ2n) is 9.33. The van der Waals surface area contributed by atoms with E-state index < -0.39 is 5.54 Å². The van der Waals surface area contributed by atoms with E-state index in [1.807, 2.05) is 54.3 Å². The van der Waals surface area contributed by atoms with E-state index >= 15 is 0 Å². The minimum absolute atomic E-state index is 0.0230. The van der Waals surface area contributed by atoms with Crippen molar-refractivity contribution in [1.29, 1.82) is 0 Å². The van der Waals surface area contributed by atoms with E-state index in [4.69, 9.17) is 0 Å². The van der Waals surface area contributed by atoms with Crippen LogP contribution in [0.25, 0.3) is 0 Å². The predicted molar refractivity (Wildman–Crippen MR) is 127 cm³/mol. The van der Waals surface area contributed by atoms with Gasteiger partial charge in [0.15, 0.2) is 0 Å². The summed E-state index contributed by atoms with van der Waals surface area (Å²) in [6, 6.07) is 10.1. The van der Waals surface area contributed by atoms with E-state index in [0.29, 0.717) is 18.8 Å². The molecule has 2 aliphatic heterocycles. The van der Waals surface area contributed by atoms with Gasteiger partial charge in [-0.2, -0.15) is 4.99 Å². The Hall–Kier alpha value is -3.22. The number of amides is 3. The van der Waals surface area contributed by atoms with Crippen LogP contribution in [0.4, 0.5) is 0 Å². The fourth-order valence-corrected chi connectivity index (χ4v) is 5.06. The second kappa shape index (κ2) is 9.73. The molecular weight excluding hydrogens is 416 g/mol. The first kappa shape index (κ1) is 23.0. The minimum Gasteiger partial charge on any atom is -0.352 e. The quantitative estimate of drug-likeness (QED) is 0.695. The van der Waals surface area contributed by atoms with Crippen LogP contribution in [0.15, 0.2) is 59.2 Å². The molecule has 0 radical (unpaired) electrons. The van der Waals surface area contributed by atoms with E-state index in [0.717, 1.165) is 36.9 Å². The summed E-state index contributed by atoms with van der Waals surface area (Å²) in [5, 5.41) is 3.09. The van der Waals surface area contributed by atoms with E-state index in [-0.39, 0.29) is 36.7 Å². The standard InChI is InChI=1S/C26H32N4O3/c1-19-9-8-14-22-28-23(31)17-26(2,30(19)22)25(33)29(16-15-20-10-4-3-5-11-20)18-24(32)27-21-12-6-7-13-21/h3-5,8-11,14,21H,6-7,12-13,15-18H2,1-2H3,(H,27,32)/t26-/m1/s1. The third-order valence-corrected chi connectivity index (χ3v) is 6.71. The number of amidine groups is 1. The summed E-state index contributed by atoms with van der Waals surface area (Å²) in [7, 11) is 0. The van der Waals surface area contributed by atoms with Gasteiger partial charge < -0.3 is 15.1 Å². The lowest BCUT2D eigenvalue weighted by Gasteiger charge is -2.46. The van der Waals surface area contributed by atoms with Crippen LogP contribution in [-0.2, 0) is 20.8 Å². The van der Waals surface area contributed by atoms with Crippen molar-refractivity contribution in [2.24, 2.45) is 4.99 Å². The maximum Gasteiger partial charge on any atom is 0.250 e. The topological polar surface area (TPSA) is 82.1 Å². The molecule has 1 aromatic carbocycles. The summed E-state index contributed by atoms with van der Waals surface area (Å²) in [6.07, 6.45) is 10.3. The number of carbonyl (C=O) groups excluding carboxylic acids is 3. The molecular formula is C26H32N4O3. The van der Waals surface area contributed by atoms with Crippen LogP contribution in [0, 0.1) is 0 Å². The molecule has 0 unspecified atom stereocenters. The highest BCUT2D eigenvalue weighted by Crippen LogP contribution is 2.33. The summed E-state index contributed by atoms with van der Waals surface area (Å²) in [6.45, 7) is 4.05. The van der Waals surface area contributed by atoms with E-state index in [1.165, 1.54) is 0 Å². The third kappa shape index (κ3) is 5.07. The zero-order valence-electron chi connectivity index (χ0n) is 19.4. The number of rotatable bonds is 7. The molecule has 3 aliphatic rings. The maximum atomic E-state index is 14.0. The normalized spacial score (nSPS) is 22.5. The van der Waals surface area contributed by atoms with Crippen LogP contribution in [0.3, 0.4) is 0 Å². The first-order valence-electron chi connectivity index (χ1n) is 11.8. The minimum atomic E-state index is -1.14. The van der Waals surface area contributed by atoms with Crippen molar-refractivity contribution >= 4 is 23.6 Å². The number of hydrogen-bond donors (Lipinski definition) is 1. The Kier molecular flexibility index (Phi) is 6.77. The van der Waals surface area contributed by atoms with Gasteiger partial charge in [-0.05, 0) is 50.8 Å². The van der Waals surface area contributed by atoms with Crippen LogP contribution in [0.2, 0.25) is 0 Å². The average Bonchev–Trinajstić information content (AvgIpc) is 3.29. The summed E-state index contributed by atoms with van der Waals surface area (Å²) >= 11 is 0. The molecule has 0 bridgehead atoms. The smallest absolute Gasteiger partial charge is 0.250 e. The Morgan fingerprint density at radius 3 is 2.67 bits per heavy atom. The maximum absolute atomic E-state index is 14.0. The van der Waals surface area contributed by atoms with E-state index in [2.05, 4.69) is 10.3 Å². The highest BCUT2D eigenvalue weighted by Gasteiger charge is 2.48. The van der Waals surface area contributed by atoms with Crippen molar-refractivity contribution in [1.82, 2.24) is 15.1 Å². The van der Waals surface area contributed by atoms with Crippen molar-refractivity contribution < 1.29 is 14.4 Å². The lowest BCUT2D eigenvalue weighted by Crippen LogP contribution is -2.63. The van der Waals surface area contributed by atoms with Crippen molar-refractivity contribution in [3.63, 3.8) is 0 Å². The van der Waals surface area contributed by atoms with E-state index in [9.17, 15) is 14.4 Å². The fraction of sp³-hybridized carbons (Fsp3) is 0.462. The molecule has 0 aromatic heterocycles. The molecule has 1 aliphatic carbocycles. The average molecular weight is 449 g/mol. The summed E-state index contributed by atoms with van der Waals surface area (Å²) < 4.78 is 0. The lowest BCUT2D eigenvalue weighted by atomic mass is 9.89. The van der Waals surface area contributed by atoms with Gasteiger partial charge in [-0.25, -0.2) is 0 Å². The molecule has 4 rings (SSSR count). The molecule has 1 aromatic rings. The largest absolute Gasteiger partial charge is 0.352 e. The molecule has 33 heavy (non-hydrogen) atoms. The number of nitrogens with one attached hydrogen (secondary N) is 1.